The van der Waals surface area contributed by atoms with Gasteiger partial charge in [0.25, 0.3) is 0 Å². The van der Waals surface area contributed by atoms with E-state index in [0.29, 0.717) is 6.04 Å². The Bertz CT molecular complexity index is 366. The van der Waals surface area contributed by atoms with E-state index in [1.165, 1.54) is 11.3 Å². The second-order valence-corrected chi connectivity index (χ2v) is 4.43. The molecule has 1 aliphatic rings. The van der Waals surface area contributed by atoms with E-state index in [1.54, 1.807) is 14.2 Å². The van der Waals surface area contributed by atoms with Crippen LogP contribution in [-0.2, 0) is 15.9 Å². The molecule has 0 fully saturated rings. The average molecular weight is 236 g/mol. The Morgan fingerprint density at radius 1 is 1.41 bits per heavy atom. The Kier molecular flexibility index (Phi) is 4.10. The van der Waals surface area contributed by atoms with Crippen LogP contribution in [0.1, 0.15) is 30.6 Å². The van der Waals surface area contributed by atoms with E-state index in [1.807, 2.05) is 12.3 Å². The number of methoxy groups -OCH3 is 2. The summed E-state index contributed by atoms with van der Waals surface area (Å²) in [4.78, 5) is 4.46. The average Bonchev–Trinajstić information content (AvgIpc) is 2.74. The molecule has 94 valence electrons. The molecule has 0 amide bonds. The van der Waals surface area contributed by atoms with Crippen LogP contribution in [0.15, 0.2) is 18.3 Å². The summed E-state index contributed by atoms with van der Waals surface area (Å²) in [5.74, 6) is 0. The maximum Gasteiger partial charge on any atom is 0.171 e. The molecule has 2 unspecified atom stereocenters. The van der Waals surface area contributed by atoms with Crippen LogP contribution in [0.2, 0.25) is 0 Å². The number of nitrogens with zero attached hydrogens (tertiary/aromatic N) is 1. The molecule has 0 saturated heterocycles. The molecular formula is C13H20N2O2. The molecule has 0 saturated carbocycles. The normalized spacial score (nSPS) is 20.6. The summed E-state index contributed by atoms with van der Waals surface area (Å²) < 4.78 is 10.5. The standard InChI is InChI=1S/C13H20N2O2/c1-9(13(16-2)17-3)15-11-7-6-10-5-4-8-14-12(10)11/h4-5,8-9,11,13,15H,6-7H2,1-3H3. The molecule has 1 aromatic rings. The van der Waals surface area contributed by atoms with Gasteiger partial charge < -0.3 is 14.8 Å². The summed E-state index contributed by atoms with van der Waals surface area (Å²) in [6, 6.07) is 4.60. The molecule has 1 heterocycles. The third-order valence-corrected chi connectivity index (χ3v) is 3.30. The van der Waals surface area contributed by atoms with Crippen molar-refractivity contribution in [2.45, 2.75) is 38.1 Å². The van der Waals surface area contributed by atoms with Gasteiger partial charge >= 0.3 is 0 Å². The summed E-state index contributed by atoms with van der Waals surface area (Å²) in [6.45, 7) is 2.07. The number of hydrogen-bond donors (Lipinski definition) is 1. The lowest BCUT2D eigenvalue weighted by Crippen LogP contribution is -2.41. The van der Waals surface area contributed by atoms with Gasteiger partial charge in [-0.25, -0.2) is 0 Å². The van der Waals surface area contributed by atoms with Crippen LogP contribution in [0.25, 0.3) is 0 Å². The SMILES string of the molecule is COC(OC)C(C)NC1CCc2cccnc21. The second kappa shape index (κ2) is 5.58. The van der Waals surface area contributed by atoms with Crippen molar-refractivity contribution < 1.29 is 9.47 Å². The van der Waals surface area contributed by atoms with E-state index in [0.717, 1.165) is 12.8 Å². The van der Waals surface area contributed by atoms with Crippen molar-refractivity contribution in [3.63, 3.8) is 0 Å². The molecule has 2 rings (SSSR count). The fourth-order valence-corrected chi connectivity index (χ4v) is 2.48. The number of pyridine rings is 1. The number of aryl methyl sites for hydroxylation is 1. The lowest BCUT2D eigenvalue weighted by Gasteiger charge is -2.25. The third-order valence-electron chi connectivity index (χ3n) is 3.30. The second-order valence-electron chi connectivity index (χ2n) is 4.43. The first kappa shape index (κ1) is 12.5. The number of nitrogens with one attached hydrogen (secondary N) is 1. The first-order valence-electron chi connectivity index (χ1n) is 6.01. The first-order valence-corrected chi connectivity index (χ1v) is 6.01. The van der Waals surface area contributed by atoms with Crippen LogP contribution in [0.5, 0.6) is 0 Å². The van der Waals surface area contributed by atoms with Crippen molar-refractivity contribution in [2.75, 3.05) is 14.2 Å². The number of fused-ring (bicyclic) bond motifs is 1. The van der Waals surface area contributed by atoms with Crippen molar-refractivity contribution >= 4 is 0 Å². The van der Waals surface area contributed by atoms with Gasteiger partial charge in [-0.2, -0.15) is 0 Å². The van der Waals surface area contributed by atoms with E-state index < -0.39 is 0 Å². The number of rotatable bonds is 5. The zero-order valence-corrected chi connectivity index (χ0v) is 10.6. The van der Waals surface area contributed by atoms with Gasteiger partial charge in [-0.3, -0.25) is 4.98 Å². The van der Waals surface area contributed by atoms with Crippen molar-refractivity contribution in [2.24, 2.45) is 0 Å². The van der Waals surface area contributed by atoms with Crippen molar-refractivity contribution in [3.8, 4) is 0 Å². The highest BCUT2D eigenvalue weighted by Crippen LogP contribution is 2.29. The number of ether oxygens (including phenoxy) is 2. The van der Waals surface area contributed by atoms with Gasteiger partial charge in [0.1, 0.15) is 0 Å². The molecule has 4 heteroatoms. The quantitative estimate of drug-likeness (QED) is 0.790. The minimum absolute atomic E-state index is 0.142. The molecule has 4 nitrogen and oxygen atoms in total. The van der Waals surface area contributed by atoms with Crippen LogP contribution >= 0.6 is 0 Å². The van der Waals surface area contributed by atoms with Crippen LogP contribution in [0, 0.1) is 0 Å². The Labute approximate surface area is 102 Å². The maximum atomic E-state index is 5.25. The molecule has 0 aliphatic heterocycles. The fourth-order valence-electron chi connectivity index (χ4n) is 2.48. The topological polar surface area (TPSA) is 43.4 Å². The zero-order valence-electron chi connectivity index (χ0n) is 10.6. The van der Waals surface area contributed by atoms with Crippen molar-refractivity contribution in [3.05, 3.63) is 29.6 Å². The molecule has 1 aliphatic carbocycles. The molecule has 17 heavy (non-hydrogen) atoms. The first-order chi connectivity index (χ1) is 8.26. The third kappa shape index (κ3) is 2.65. The molecule has 1 N–H and O–H groups in total. The van der Waals surface area contributed by atoms with Gasteiger partial charge in [-0.05, 0) is 31.4 Å². The minimum atomic E-state index is -0.220. The molecule has 0 aromatic carbocycles. The van der Waals surface area contributed by atoms with Gasteiger partial charge in [-0.1, -0.05) is 6.07 Å². The van der Waals surface area contributed by atoms with Gasteiger partial charge in [-0.15, -0.1) is 0 Å². The number of aromatic nitrogens is 1. The molecule has 0 bridgehead atoms. The lowest BCUT2D eigenvalue weighted by atomic mass is 10.2. The smallest absolute Gasteiger partial charge is 0.171 e. The Morgan fingerprint density at radius 3 is 2.88 bits per heavy atom. The minimum Gasteiger partial charge on any atom is -0.354 e. The van der Waals surface area contributed by atoms with Gasteiger partial charge in [0, 0.05) is 20.4 Å². The summed E-state index contributed by atoms with van der Waals surface area (Å²) in [7, 11) is 3.32. The predicted octanol–water partition coefficient (Wildman–Crippen LogP) is 1.67. The van der Waals surface area contributed by atoms with E-state index >= 15 is 0 Å². The highest BCUT2D eigenvalue weighted by Gasteiger charge is 2.27. The van der Waals surface area contributed by atoms with Gasteiger partial charge in [0.2, 0.25) is 0 Å². The molecule has 0 spiro atoms. The highest BCUT2D eigenvalue weighted by molar-refractivity contribution is 5.27. The largest absolute Gasteiger partial charge is 0.354 e. The van der Waals surface area contributed by atoms with E-state index in [9.17, 15) is 0 Å². The summed E-state index contributed by atoms with van der Waals surface area (Å²) in [5.41, 5.74) is 2.52. The monoisotopic (exact) mass is 236 g/mol. The summed E-state index contributed by atoms with van der Waals surface area (Å²) >= 11 is 0. The molecule has 1 aromatic heterocycles. The summed E-state index contributed by atoms with van der Waals surface area (Å²) in [5, 5.41) is 3.52. The Morgan fingerprint density at radius 2 is 2.18 bits per heavy atom. The summed E-state index contributed by atoms with van der Waals surface area (Å²) in [6.07, 6.45) is 3.82. The van der Waals surface area contributed by atoms with Gasteiger partial charge in [0.15, 0.2) is 6.29 Å². The van der Waals surface area contributed by atoms with E-state index in [2.05, 4.69) is 23.3 Å². The number of hydrogen-bond acceptors (Lipinski definition) is 4. The van der Waals surface area contributed by atoms with Crippen molar-refractivity contribution in [1.82, 2.24) is 10.3 Å². The van der Waals surface area contributed by atoms with Gasteiger partial charge in [0.05, 0.1) is 17.8 Å². The van der Waals surface area contributed by atoms with Crippen LogP contribution in [0.3, 0.4) is 0 Å². The lowest BCUT2D eigenvalue weighted by molar-refractivity contribution is -0.121. The van der Waals surface area contributed by atoms with Crippen LogP contribution in [0.4, 0.5) is 0 Å². The molecular weight excluding hydrogens is 216 g/mol. The molecule has 0 radical (unpaired) electrons. The van der Waals surface area contributed by atoms with Crippen LogP contribution < -0.4 is 5.32 Å². The van der Waals surface area contributed by atoms with Crippen molar-refractivity contribution in [1.29, 1.82) is 0 Å². The fraction of sp³-hybridized carbons (Fsp3) is 0.615. The van der Waals surface area contributed by atoms with E-state index in [4.69, 9.17) is 9.47 Å². The predicted molar refractivity (Wildman–Crippen MR) is 65.7 cm³/mol. The zero-order chi connectivity index (χ0) is 12.3. The maximum absolute atomic E-state index is 5.25. The van der Waals surface area contributed by atoms with Crippen LogP contribution in [-0.4, -0.2) is 31.5 Å². The van der Waals surface area contributed by atoms with E-state index in [-0.39, 0.29) is 12.3 Å². The Hall–Kier alpha value is -0.970. The highest BCUT2D eigenvalue weighted by atomic mass is 16.7. The molecule has 2 atom stereocenters. The Balaban J connectivity index is 2.02.